The molecular weight excluding hydrogens is 351 g/mol. The number of anilines is 2. The van der Waals surface area contributed by atoms with Gasteiger partial charge in [0.1, 0.15) is 5.82 Å². The van der Waals surface area contributed by atoms with Crippen LogP contribution in [-0.2, 0) is 10.0 Å². The lowest BCUT2D eigenvalue weighted by Gasteiger charge is -2.11. The minimum atomic E-state index is -3.97. The molecule has 0 bridgehead atoms. The highest BCUT2D eigenvalue weighted by Gasteiger charge is 2.19. The summed E-state index contributed by atoms with van der Waals surface area (Å²) in [5.41, 5.74) is 0.0897. The summed E-state index contributed by atoms with van der Waals surface area (Å²) in [6.45, 7) is 0. The van der Waals surface area contributed by atoms with Crippen LogP contribution in [0.15, 0.2) is 35.5 Å². The maximum atomic E-state index is 13.9. The Bertz CT molecular complexity index is 974. The van der Waals surface area contributed by atoms with Crippen LogP contribution in [0.25, 0.3) is 11.4 Å². The van der Waals surface area contributed by atoms with Gasteiger partial charge in [0.2, 0.25) is 11.8 Å². The van der Waals surface area contributed by atoms with Crippen molar-refractivity contribution in [3.8, 4) is 11.4 Å². The van der Waals surface area contributed by atoms with Gasteiger partial charge in [-0.05, 0) is 23.4 Å². The molecule has 0 aliphatic carbocycles. The van der Waals surface area contributed by atoms with Gasteiger partial charge in [-0.3, -0.25) is 4.72 Å². The Morgan fingerprint density at radius 3 is 2.52 bits per heavy atom. The molecule has 25 heavy (non-hydrogen) atoms. The first-order valence-corrected chi connectivity index (χ1v) is 8.41. The third-order valence-corrected chi connectivity index (χ3v) is 4.50. The van der Waals surface area contributed by atoms with Gasteiger partial charge in [0.25, 0.3) is 10.0 Å². The van der Waals surface area contributed by atoms with Gasteiger partial charge in [-0.15, -0.1) is 10.2 Å². The molecule has 10 nitrogen and oxygen atoms in total. The summed E-state index contributed by atoms with van der Waals surface area (Å²) < 4.78 is 41.2. The van der Waals surface area contributed by atoms with Crippen molar-refractivity contribution in [2.24, 2.45) is 0 Å². The van der Waals surface area contributed by atoms with Crippen molar-refractivity contribution in [1.82, 2.24) is 30.6 Å². The molecule has 3 aromatic rings. The summed E-state index contributed by atoms with van der Waals surface area (Å²) >= 11 is 0. The van der Waals surface area contributed by atoms with Gasteiger partial charge in [0, 0.05) is 14.1 Å². The van der Waals surface area contributed by atoms with E-state index in [1.54, 1.807) is 19.0 Å². The van der Waals surface area contributed by atoms with E-state index >= 15 is 0 Å². The highest BCUT2D eigenvalue weighted by atomic mass is 32.2. The van der Waals surface area contributed by atoms with Crippen molar-refractivity contribution in [2.45, 2.75) is 4.90 Å². The summed E-state index contributed by atoms with van der Waals surface area (Å²) in [5.74, 6) is -0.281. The van der Waals surface area contributed by atoms with Gasteiger partial charge in [-0.2, -0.15) is 5.21 Å². The highest BCUT2D eigenvalue weighted by Crippen LogP contribution is 2.23. The number of tetrazole rings is 1. The number of halogens is 1. The fourth-order valence-electron chi connectivity index (χ4n) is 1.94. The van der Waals surface area contributed by atoms with Crippen molar-refractivity contribution < 1.29 is 12.8 Å². The Morgan fingerprint density at radius 1 is 1.20 bits per heavy atom. The fraction of sp³-hybridized carbons (Fsp3) is 0.154. The molecule has 130 valence electrons. The predicted molar refractivity (Wildman–Crippen MR) is 86.7 cm³/mol. The van der Waals surface area contributed by atoms with E-state index in [-0.39, 0.29) is 22.0 Å². The first-order valence-electron chi connectivity index (χ1n) is 6.92. The number of H-pyrrole nitrogens is 1. The molecule has 0 saturated heterocycles. The second kappa shape index (κ2) is 6.39. The molecule has 2 aromatic heterocycles. The standard InChI is InChI=1S/C13H13FN8O2S/c1-22(2)13-15-6-8(7-16-13)19-25(23,24)9-3-4-11(14)10(5-9)12-17-20-21-18-12/h3-7,19H,1-2H3,(H,17,18,20,21). The largest absolute Gasteiger partial charge is 0.347 e. The average molecular weight is 364 g/mol. The SMILES string of the molecule is CN(C)c1ncc(NS(=O)(=O)c2ccc(F)c(-c3nn[nH]n3)c2)cn1. The Kier molecular flexibility index (Phi) is 4.27. The Labute approximate surface area is 142 Å². The molecule has 0 unspecified atom stereocenters. The molecule has 0 atom stereocenters. The fourth-order valence-corrected chi connectivity index (χ4v) is 2.99. The zero-order chi connectivity index (χ0) is 18.0. The number of aromatic amines is 1. The van der Waals surface area contributed by atoms with Gasteiger partial charge in [0.15, 0.2) is 0 Å². The van der Waals surface area contributed by atoms with Crippen LogP contribution in [-0.4, -0.2) is 53.1 Å². The zero-order valence-corrected chi connectivity index (χ0v) is 14.0. The van der Waals surface area contributed by atoms with Crippen LogP contribution >= 0.6 is 0 Å². The number of hydrogen-bond donors (Lipinski definition) is 2. The van der Waals surface area contributed by atoms with E-state index in [4.69, 9.17) is 0 Å². The van der Waals surface area contributed by atoms with Gasteiger partial charge >= 0.3 is 0 Å². The number of benzene rings is 1. The van der Waals surface area contributed by atoms with E-state index in [9.17, 15) is 12.8 Å². The third kappa shape index (κ3) is 3.52. The van der Waals surface area contributed by atoms with E-state index in [1.807, 2.05) is 0 Å². The minimum Gasteiger partial charge on any atom is -0.347 e. The first-order chi connectivity index (χ1) is 11.9. The lowest BCUT2D eigenvalue weighted by atomic mass is 10.2. The molecule has 12 heteroatoms. The Hall–Kier alpha value is -3.15. The van der Waals surface area contributed by atoms with Crippen LogP contribution in [0.3, 0.4) is 0 Å². The highest BCUT2D eigenvalue weighted by molar-refractivity contribution is 7.92. The van der Waals surface area contributed by atoms with Crippen LogP contribution in [0.1, 0.15) is 0 Å². The van der Waals surface area contributed by atoms with Crippen LogP contribution in [0.5, 0.6) is 0 Å². The minimum absolute atomic E-state index is 0.0479. The summed E-state index contributed by atoms with van der Waals surface area (Å²) in [4.78, 5) is 9.56. The van der Waals surface area contributed by atoms with Gasteiger partial charge in [-0.1, -0.05) is 0 Å². The van der Waals surface area contributed by atoms with Crippen LogP contribution in [0.4, 0.5) is 16.0 Å². The maximum absolute atomic E-state index is 13.9. The molecule has 0 radical (unpaired) electrons. The van der Waals surface area contributed by atoms with Crippen molar-refractivity contribution >= 4 is 21.7 Å². The topological polar surface area (TPSA) is 130 Å². The van der Waals surface area contributed by atoms with Crippen molar-refractivity contribution in [3.05, 3.63) is 36.4 Å². The van der Waals surface area contributed by atoms with Crippen molar-refractivity contribution in [2.75, 3.05) is 23.7 Å². The second-order valence-electron chi connectivity index (χ2n) is 5.15. The first kappa shape index (κ1) is 16.7. The van der Waals surface area contributed by atoms with E-state index < -0.39 is 15.8 Å². The molecule has 0 aliphatic heterocycles. The number of hydrogen-bond acceptors (Lipinski definition) is 8. The maximum Gasteiger partial charge on any atom is 0.262 e. The van der Waals surface area contributed by atoms with E-state index in [0.717, 1.165) is 18.2 Å². The zero-order valence-electron chi connectivity index (χ0n) is 13.2. The van der Waals surface area contributed by atoms with Crippen molar-refractivity contribution in [1.29, 1.82) is 0 Å². The van der Waals surface area contributed by atoms with Gasteiger partial charge in [-0.25, -0.2) is 22.8 Å². The number of aromatic nitrogens is 6. The predicted octanol–water partition coefficient (Wildman–Crippen LogP) is 0.663. The molecule has 0 aliphatic rings. The van der Waals surface area contributed by atoms with Crippen LogP contribution in [0, 0.1) is 5.82 Å². The van der Waals surface area contributed by atoms with Crippen LogP contribution < -0.4 is 9.62 Å². The molecular formula is C13H13FN8O2S. The molecule has 0 fully saturated rings. The molecule has 3 rings (SSSR count). The average Bonchev–Trinajstić information content (AvgIpc) is 3.09. The number of nitrogens with one attached hydrogen (secondary N) is 2. The normalized spacial score (nSPS) is 11.3. The van der Waals surface area contributed by atoms with E-state index in [1.165, 1.54) is 12.4 Å². The summed E-state index contributed by atoms with van der Waals surface area (Å²) in [6, 6.07) is 3.28. The second-order valence-corrected chi connectivity index (χ2v) is 6.83. The Morgan fingerprint density at radius 2 is 1.92 bits per heavy atom. The molecule has 2 heterocycles. The van der Waals surface area contributed by atoms with Crippen LogP contribution in [0.2, 0.25) is 0 Å². The Balaban J connectivity index is 1.91. The van der Waals surface area contributed by atoms with Crippen molar-refractivity contribution in [3.63, 3.8) is 0 Å². The van der Waals surface area contributed by atoms with E-state index in [2.05, 4.69) is 35.3 Å². The molecule has 0 amide bonds. The summed E-state index contributed by atoms with van der Waals surface area (Å²) in [7, 11) is -0.451. The lowest BCUT2D eigenvalue weighted by Crippen LogP contribution is -2.15. The quantitative estimate of drug-likeness (QED) is 0.675. The smallest absolute Gasteiger partial charge is 0.262 e. The monoisotopic (exact) mass is 364 g/mol. The summed E-state index contributed by atoms with van der Waals surface area (Å²) in [5, 5.41) is 12.8. The van der Waals surface area contributed by atoms with Gasteiger partial charge < -0.3 is 4.90 Å². The number of nitrogens with zero attached hydrogens (tertiary/aromatic N) is 6. The molecule has 2 N–H and O–H groups in total. The third-order valence-electron chi connectivity index (χ3n) is 3.12. The lowest BCUT2D eigenvalue weighted by molar-refractivity contribution is 0.600. The number of sulfonamides is 1. The molecule has 0 spiro atoms. The molecule has 0 saturated carbocycles. The summed E-state index contributed by atoms with van der Waals surface area (Å²) in [6.07, 6.45) is 2.67. The number of rotatable bonds is 5. The van der Waals surface area contributed by atoms with E-state index in [0.29, 0.717) is 5.95 Å². The molecule has 1 aromatic carbocycles. The van der Waals surface area contributed by atoms with Gasteiger partial charge in [0.05, 0.1) is 28.5 Å².